The summed E-state index contributed by atoms with van der Waals surface area (Å²) in [5.41, 5.74) is 1.37. The van der Waals surface area contributed by atoms with Gasteiger partial charge < -0.3 is 9.47 Å². The van der Waals surface area contributed by atoms with Crippen LogP contribution in [-0.4, -0.2) is 25.0 Å². The normalized spacial score (nSPS) is 13.6. The molecule has 0 saturated carbocycles. The molecule has 8 heteroatoms. The maximum Gasteiger partial charge on any atom is 0.328 e. The van der Waals surface area contributed by atoms with Crippen LogP contribution in [0.15, 0.2) is 64.6 Å². The Balaban J connectivity index is 1.62. The average Bonchev–Trinajstić information content (AvgIpc) is 2.75. The van der Waals surface area contributed by atoms with E-state index >= 15 is 0 Å². The van der Waals surface area contributed by atoms with Gasteiger partial charge in [0, 0.05) is 0 Å². The second-order valence-electron chi connectivity index (χ2n) is 6.76. The lowest BCUT2D eigenvalue weighted by Gasteiger charge is -2.16. The lowest BCUT2D eigenvalue weighted by Crippen LogP contribution is -2.51. The maximum atomic E-state index is 12.0. The fourth-order valence-electron chi connectivity index (χ4n) is 3.30. The van der Waals surface area contributed by atoms with E-state index in [1.807, 2.05) is 53.1 Å². The Morgan fingerprint density at radius 1 is 0.968 bits per heavy atom. The smallest absolute Gasteiger partial charge is 0.328 e. The molecule has 0 aromatic heterocycles. The van der Waals surface area contributed by atoms with Crippen molar-refractivity contribution in [3.8, 4) is 11.5 Å². The van der Waals surface area contributed by atoms with Crippen molar-refractivity contribution in [1.82, 2.24) is 10.6 Å². The quantitative estimate of drug-likeness (QED) is 0.426. The Morgan fingerprint density at radius 2 is 1.68 bits per heavy atom. The molecule has 156 valence electrons. The first-order valence-electron chi connectivity index (χ1n) is 9.31. The monoisotopic (exact) mass is 480 g/mol. The highest BCUT2D eigenvalue weighted by atomic mass is 79.9. The molecule has 1 saturated heterocycles. The number of imide groups is 2. The minimum Gasteiger partial charge on any atom is -0.493 e. The zero-order valence-electron chi connectivity index (χ0n) is 16.4. The highest BCUT2D eigenvalue weighted by Gasteiger charge is 2.28. The van der Waals surface area contributed by atoms with Crippen LogP contribution < -0.4 is 20.1 Å². The molecule has 3 aromatic carbocycles. The van der Waals surface area contributed by atoms with Crippen LogP contribution in [0, 0.1) is 0 Å². The van der Waals surface area contributed by atoms with E-state index < -0.39 is 17.8 Å². The lowest BCUT2D eigenvalue weighted by atomic mass is 10.1. The minimum absolute atomic E-state index is 0.182. The van der Waals surface area contributed by atoms with Crippen molar-refractivity contribution < 1.29 is 23.9 Å². The van der Waals surface area contributed by atoms with Crippen molar-refractivity contribution in [2.45, 2.75) is 6.61 Å². The number of hydrogen-bond donors (Lipinski definition) is 2. The topological polar surface area (TPSA) is 93.7 Å². The molecule has 1 fully saturated rings. The molecule has 31 heavy (non-hydrogen) atoms. The SMILES string of the molecule is COc1cc(C=C2C(=O)NC(=O)NC2=O)cc(Br)c1OCc1cccc2ccccc12. The number of benzene rings is 3. The van der Waals surface area contributed by atoms with Gasteiger partial charge in [0.2, 0.25) is 0 Å². The number of halogens is 1. The largest absolute Gasteiger partial charge is 0.493 e. The summed E-state index contributed by atoms with van der Waals surface area (Å²) in [6, 6.07) is 16.6. The Labute approximate surface area is 186 Å². The van der Waals surface area contributed by atoms with Gasteiger partial charge in [0.1, 0.15) is 12.2 Å². The summed E-state index contributed by atoms with van der Waals surface area (Å²) in [7, 11) is 1.50. The van der Waals surface area contributed by atoms with Crippen molar-refractivity contribution >= 4 is 50.6 Å². The van der Waals surface area contributed by atoms with Crippen LogP contribution in [0.25, 0.3) is 16.8 Å². The van der Waals surface area contributed by atoms with Crippen molar-refractivity contribution in [1.29, 1.82) is 0 Å². The molecular formula is C23H17BrN2O5. The number of amides is 4. The van der Waals surface area contributed by atoms with Gasteiger partial charge in [-0.1, -0.05) is 42.5 Å². The number of rotatable bonds is 5. The van der Waals surface area contributed by atoms with Gasteiger partial charge in [0.15, 0.2) is 11.5 Å². The molecule has 0 bridgehead atoms. The molecule has 0 atom stereocenters. The summed E-state index contributed by atoms with van der Waals surface area (Å²) < 4.78 is 12.1. The van der Waals surface area contributed by atoms with Crippen LogP contribution >= 0.6 is 15.9 Å². The number of methoxy groups -OCH3 is 1. The van der Waals surface area contributed by atoms with Gasteiger partial charge in [0.25, 0.3) is 11.8 Å². The van der Waals surface area contributed by atoms with Gasteiger partial charge in [-0.3, -0.25) is 20.2 Å². The molecule has 1 aliphatic heterocycles. The van der Waals surface area contributed by atoms with E-state index in [0.717, 1.165) is 16.3 Å². The molecule has 4 rings (SSSR count). The fraction of sp³-hybridized carbons (Fsp3) is 0.0870. The van der Waals surface area contributed by atoms with Gasteiger partial charge in [-0.2, -0.15) is 0 Å². The van der Waals surface area contributed by atoms with E-state index in [2.05, 4.69) is 15.9 Å². The number of nitrogens with one attached hydrogen (secondary N) is 2. The lowest BCUT2D eigenvalue weighted by molar-refractivity contribution is -0.123. The number of carbonyl (C=O) groups excluding carboxylic acids is 3. The molecule has 3 aromatic rings. The van der Waals surface area contributed by atoms with E-state index in [4.69, 9.17) is 9.47 Å². The van der Waals surface area contributed by atoms with Crippen LogP contribution in [0.1, 0.15) is 11.1 Å². The molecule has 0 aliphatic carbocycles. The van der Waals surface area contributed by atoms with Gasteiger partial charge in [0.05, 0.1) is 11.6 Å². The third-order valence-electron chi connectivity index (χ3n) is 4.76. The number of fused-ring (bicyclic) bond motifs is 1. The number of ether oxygens (including phenoxy) is 2. The maximum absolute atomic E-state index is 12.0. The van der Waals surface area contributed by atoms with Crippen molar-refractivity contribution in [2.75, 3.05) is 7.11 Å². The van der Waals surface area contributed by atoms with Crippen LogP contribution in [0.5, 0.6) is 11.5 Å². The highest BCUT2D eigenvalue weighted by molar-refractivity contribution is 9.10. The first kappa shape index (κ1) is 20.6. The molecule has 1 aliphatic rings. The second kappa shape index (κ2) is 8.61. The molecule has 4 amide bonds. The summed E-state index contributed by atoms with van der Waals surface area (Å²) in [6.07, 6.45) is 1.37. The fourth-order valence-corrected chi connectivity index (χ4v) is 3.88. The highest BCUT2D eigenvalue weighted by Crippen LogP contribution is 2.38. The standard InChI is InChI=1S/C23H17BrN2O5/c1-30-19-11-13(9-17-21(27)25-23(29)26-22(17)28)10-18(24)20(19)31-12-15-7-4-6-14-5-2-3-8-16(14)15/h2-11H,12H2,1H3,(H2,25,26,27,28,29). The van der Waals surface area contributed by atoms with Crippen LogP contribution in [0.3, 0.4) is 0 Å². The summed E-state index contributed by atoms with van der Waals surface area (Å²) in [4.78, 5) is 35.1. The Morgan fingerprint density at radius 3 is 2.42 bits per heavy atom. The zero-order chi connectivity index (χ0) is 22.0. The van der Waals surface area contributed by atoms with E-state index in [9.17, 15) is 14.4 Å². The molecule has 2 N–H and O–H groups in total. The van der Waals surface area contributed by atoms with Crippen LogP contribution in [0.2, 0.25) is 0 Å². The molecule has 0 radical (unpaired) electrons. The number of hydrogen-bond acceptors (Lipinski definition) is 5. The Kier molecular flexibility index (Phi) is 5.73. The van der Waals surface area contributed by atoms with E-state index in [1.165, 1.54) is 13.2 Å². The van der Waals surface area contributed by atoms with Gasteiger partial charge in [-0.25, -0.2) is 4.79 Å². The summed E-state index contributed by atoms with van der Waals surface area (Å²) >= 11 is 3.48. The Hall–Kier alpha value is -3.65. The minimum atomic E-state index is -0.844. The predicted octanol–water partition coefficient (Wildman–Crippen LogP) is 3.94. The van der Waals surface area contributed by atoms with Crippen molar-refractivity contribution in [3.63, 3.8) is 0 Å². The van der Waals surface area contributed by atoms with Gasteiger partial charge >= 0.3 is 6.03 Å². The first-order chi connectivity index (χ1) is 15.0. The molecule has 1 heterocycles. The third kappa shape index (κ3) is 4.29. The van der Waals surface area contributed by atoms with E-state index in [-0.39, 0.29) is 5.57 Å². The molecule has 0 unspecified atom stereocenters. The average molecular weight is 481 g/mol. The summed E-state index contributed by atoms with van der Waals surface area (Å²) in [6.45, 7) is 0.323. The van der Waals surface area contributed by atoms with Gasteiger partial charge in [-0.05, 0) is 56.0 Å². The molecule has 7 nitrogen and oxygen atoms in total. The van der Waals surface area contributed by atoms with E-state index in [0.29, 0.717) is 28.1 Å². The van der Waals surface area contributed by atoms with Crippen LogP contribution in [-0.2, 0) is 16.2 Å². The van der Waals surface area contributed by atoms with Gasteiger partial charge in [-0.15, -0.1) is 0 Å². The molecule has 0 spiro atoms. The first-order valence-corrected chi connectivity index (χ1v) is 10.1. The summed E-state index contributed by atoms with van der Waals surface area (Å²) in [5.74, 6) is -0.611. The number of urea groups is 1. The number of barbiturate groups is 1. The third-order valence-corrected chi connectivity index (χ3v) is 5.35. The van der Waals surface area contributed by atoms with Crippen molar-refractivity contribution in [3.05, 3.63) is 75.8 Å². The molecular weight excluding hydrogens is 464 g/mol. The summed E-state index contributed by atoms with van der Waals surface area (Å²) in [5, 5.41) is 6.31. The van der Waals surface area contributed by atoms with Crippen molar-refractivity contribution in [2.24, 2.45) is 0 Å². The number of carbonyl (C=O) groups is 3. The van der Waals surface area contributed by atoms with E-state index in [1.54, 1.807) is 12.1 Å². The predicted molar refractivity (Wildman–Crippen MR) is 119 cm³/mol. The Bertz CT molecular complexity index is 1220. The van der Waals surface area contributed by atoms with Crippen LogP contribution in [0.4, 0.5) is 4.79 Å². The second-order valence-corrected chi connectivity index (χ2v) is 7.61. The zero-order valence-corrected chi connectivity index (χ0v) is 18.0.